The van der Waals surface area contributed by atoms with E-state index in [-0.39, 0.29) is 5.78 Å². The highest BCUT2D eigenvalue weighted by molar-refractivity contribution is 5.82. The Morgan fingerprint density at radius 3 is 2.10 bits per heavy atom. The first-order valence-corrected chi connectivity index (χ1v) is 3.64. The summed E-state index contributed by atoms with van der Waals surface area (Å²) < 4.78 is 0. The summed E-state index contributed by atoms with van der Waals surface area (Å²) in [5.41, 5.74) is -0.542. The number of aliphatic hydroxyl groups is 1. The van der Waals surface area contributed by atoms with Crippen molar-refractivity contribution in [2.75, 3.05) is 0 Å². The van der Waals surface area contributed by atoms with Crippen molar-refractivity contribution in [2.24, 2.45) is 5.41 Å². The second kappa shape index (κ2) is 3.15. The van der Waals surface area contributed by atoms with Crippen molar-refractivity contribution in [3.8, 4) is 0 Å². The van der Waals surface area contributed by atoms with Gasteiger partial charge in [0.2, 0.25) is 0 Å². The lowest BCUT2D eigenvalue weighted by Crippen LogP contribution is -2.35. The highest BCUT2D eigenvalue weighted by Crippen LogP contribution is 2.26. The smallest absolute Gasteiger partial charge is 0.138 e. The van der Waals surface area contributed by atoms with Crippen LogP contribution in [-0.4, -0.2) is 17.0 Å². The van der Waals surface area contributed by atoms with Crippen LogP contribution in [0.1, 0.15) is 34.1 Å². The summed E-state index contributed by atoms with van der Waals surface area (Å²) in [7, 11) is 0. The van der Waals surface area contributed by atoms with Crippen molar-refractivity contribution in [1.82, 2.24) is 0 Å². The molecule has 0 aromatic rings. The van der Waals surface area contributed by atoms with Crippen LogP contribution in [0.15, 0.2) is 0 Å². The molecule has 0 unspecified atom stereocenters. The molecule has 0 saturated heterocycles. The summed E-state index contributed by atoms with van der Waals surface area (Å²) in [6, 6.07) is 0. The zero-order chi connectivity index (χ0) is 8.36. The van der Waals surface area contributed by atoms with Crippen LogP contribution >= 0.6 is 0 Å². The van der Waals surface area contributed by atoms with Crippen LogP contribution in [0.25, 0.3) is 0 Å². The monoisotopic (exact) mass is 144 g/mol. The molecule has 10 heavy (non-hydrogen) atoms. The Morgan fingerprint density at radius 2 is 2.10 bits per heavy atom. The molecule has 0 aromatic carbocycles. The van der Waals surface area contributed by atoms with Gasteiger partial charge in [0.25, 0.3) is 0 Å². The van der Waals surface area contributed by atoms with Gasteiger partial charge in [0, 0.05) is 0 Å². The van der Waals surface area contributed by atoms with Crippen LogP contribution in [-0.2, 0) is 4.79 Å². The number of hydrogen-bond acceptors (Lipinski definition) is 2. The van der Waals surface area contributed by atoms with Crippen molar-refractivity contribution >= 4 is 5.78 Å². The molecule has 0 aromatic heterocycles. The maximum absolute atomic E-state index is 11.0. The van der Waals surface area contributed by atoms with Gasteiger partial charge in [-0.1, -0.05) is 13.8 Å². The molecule has 2 heteroatoms. The third kappa shape index (κ3) is 1.57. The zero-order valence-electron chi connectivity index (χ0n) is 7.14. The maximum Gasteiger partial charge on any atom is 0.138 e. The summed E-state index contributed by atoms with van der Waals surface area (Å²) in [5.74, 6) is 0.0602. The van der Waals surface area contributed by atoms with Gasteiger partial charge in [-0.3, -0.25) is 4.79 Å². The largest absolute Gasteiger partial charge is 0.392 e. The van der Waals surface area contributed by atoms with E-state index >= 15 is 0 Å². The van der Waals surface area contributed by atoms with E-state index in [1.54, 1.807) is 13.8 Å². The van der Waals surface area contributed by atoms with E-state index in [4.69, 9.17) is 0 Å². The predicted octanol–water partition coefficient (Wildman–Crippen LogP) is 1.37. The third-order valence-corrected chi connectivity index (χ3v) is 2.46. The summed E-state index contributed by atoms with van der Waals surface area (Å²) in [6.45, 7) is 6.88. The van der Waals surface area contributed by atoms with Crippen LogP contribution in [0.4, 0.5) is 0 Å². The standard InChI is InChI=1S/C8H16O2/c1-5-8(4,6(2)9)7(3)10/h6,9H,5H2,1-4H3/t6-,8-/m1/s1. The van der Waals surface area contributed by atoms with Crippen molar-refractivity contribution in [1.29, 1.82) is 0 Å². The molecule has 1 N–H and O–H groups in total. The van der Waals surface area contributed by atoms with E-state index in [1.807, 2.05) is 6.92 Å². The van der Waals surface area contributed by atoms with Gasteiger partial charge in [-0.15, -0.1) is 0 Å². The molecular formula is C8H16O2. The fourth-order valence-corrected chi connectivity index (χ4v) is 0.839. The minimum atomic E-state index is -0.546. The Kier molecular flexibility index (Phi) is 3.03. The third-order valence-electron chi connectivity index (χ3n) is 2.46. The fraction of sp³-hybridized carbons (Fsp3) is 0.875. The Bertz CT molecular complexity index is 129. The lowest BCUT2D eigenvalue weighted by atomic mass is 9.79. The molecule has 60 valence electrons. The second-order valence-corrected chi connectivity index (χ2v) is 3.00. The van der Waals surface area contributed by atoms with E-state index in [0.29, 0.717) is 6.42 Å². The molecule has 0 aliphatic carbocycles. The minimum Gasteiger partial charge on any atom is -0.392 e. The Balaban J connectivity index is 4.38. The van der Waals surface area contributed by atoms with E-state index < -0.39 is 11.5 Å². The first-order valence-electron chi connectivity index (χ1n) is 3.64. The van der Waals surface area contributed by atoms with E-state index in [0.717, 1.165) is 0 Å². The summed E-state index contributed by atoms with van der Waals surface area (Å²) >= 11 is 0. The molecule has 0 radical (unpaired) electrons. The molecule has 0 fully saturated rings. The molecule has 0 saturated carbocycles. The summed E-state index contributed by atoms with van der Waals surface area (Å²) in [6.07, 6.45) is 0.148. The van der Waals surface area contributed by atoms with Gasteiger partial charge in [0.1, 0.15) is 5.78 Å². The van der Waals surface area contributed by atoms with Gasteiger partial charge in [-0.25, -0.2) is 0 Å². The SMILES string of the molecule is CC[C@@](C)(C(C)=O)[C@@H](C)O. The predicted molar refractivity (Wildman–Crippen MR) is 40.8 cm³/mol. The van der Waals surface area contributed by atoms with Crippen LogP contribution < -0.4 is 0 Å². The summed E-state index contributed by atoms with van der Waals surface area (Å²) in [5, 5.41) is 9.22. The average Bonchev–Trinajstić information content (AvgIpc) is 1.85. The first kappa shape index (κ1) is 9.63. The molecule has 0 aliphatic rings. The van der Waals surface area contributed by atoms with Crippen molar-refractivity contribution in [3.63, 3.8) is 0 Å². The van der Waals surface area contributed by atoms with Gasteiger partial charge in [0.15, 0.2) is 0 Å². The number of ketones is 1. The number of hydrogen-bond donors (Lipinski definition) is 1. The van der Waals surface area contributed by atoms with Crippen LogP contribution in [0.3, 0.4) is 0 Å². The van der Waals surface area contributed by atoms with Gasteiger partial charge in [-0.2, -0.15) is 0 Å². The normalized spacial score (nSPS) is 19.7. The van der Waals surface area contributed by atoms with Gasteiger partial charge >= 0.3 is 0 Å². The van der Waals surface area contributed by atoms with E-state index in [2.05, 4.69) is 0 Å². The Morgan fingerprint density at radius 1 is 1.70 bits per heavy atom. The van der Waals surface area contributed by atoms with Crippen LogP contribution in [0.2, 0.25) is 0 Å². The molecule has 0 amide bonds. The molecule has 0 rings (SSSR count). The lowest BCUT2D eigenvalue weighted by molar-refractivity contribution is -0.131. The van der Waals surface area contributed by atoms with Crippen molar-refractivity contribution in [2.45, 2.75) is 40.2 Å². The van der Waals surface area contributed by atoms with E-state index in [1.165, 1.54) is 6.92 Å². The lowest BCUT2D eigenvalue weighted by Gasteiger charge is -2.27. The molecule has 2 atom stereocenters. The fourth-order valence-electron chi connectivity index (χ4n) is 0.839. The number of carbonyl (C=O) groups is 1. The number of carbonyl (C=O) groups excluding carboxylic acids is 1. The second-order valence-electron chi connectivity index (χ2n) is 3.00. The van der Waals surface area contributed by atoms with Gasteiger partial charge in [-0.05, 0) is 20.3 Å². The molecule has 0 heterocycles. The Labute approximate surface area is 62.2 Å². The van der Waals surface area contributed by atoms with Crippen LogP contribution in [0, 0.1) is 5.41 Å². The molecule has 0 spiro atoms. The number of Topliss-reactive ketones (excluding diaryl/α,β-unsaturated/α-hetero) is 1. The molecule has 0 bridgehead atoms. The van der Waals surface area contributed by atoms with Crippen molar-refractivity contribution in [3.05, 3.63) is 0 Å². The maximum atomic E-state index is 11.0. The molecule has 0 aliphatic heterocycles. The molecule has 2 nitrogen and oxygen atoms in total. The number of aliphatic hydroxyl groups excluding tert-OH is 1. The average molecular weight is 144 g/mol. The molecular weight excluding hydrogens is 128 g/mol. The van der Waals surface area contributed by atoms with E-state index in [9.17, 15) is 9.90 Å². The van der Waals surface area contributed by atoms with Crippen molar-refractivity contribution < 1.29 is 9.90 Å². The summed E-state index contributed by atoms with van der Waals surface area (Å²) in [4.78, 5) is 11.0. The Hall–Kier alpha value is -0.370. The zero-order valence-corrected chi connectivity index (χ0v) is 7.14. The minimum absolute atomic E-state index is 0.0602. The highest BCUT2D eigenvalue weighted by atomic mass is 16.3. The van der Waals surface area contributed by atoms with Gasteiger partial charge in [0.05, 0.1) is 11.5 Å². The quantitative estimate of drug-likeness (QED) is 0.649. The highest BCUT2D eigenvalue weighted by Gasteiger charge is 2.32. The topological polar surface area (TPSA) is 37.3 Å². The first-order chi connectivity index (χ1) is 4.45. The van der Waals surface area contributed by atoms with Crippen LogP contribution in [0.5, 0.6) is 0 Å². The number of rotatable bonds is 3. The van der Waals surface area contributed by atoms with Gasteiger partial charge < -0.3 is 5.11 Å².